The molecule has 0 spiro atoms. The fourth-order valence-electron chi connectivity index (χ4n) is 2.52. The molecule has 2 atom stereocenters. The largest absolute Gasteiger partial charge is 0.367 e. The van der Waals surface area contributed by atoms with E-state index < -0.39 is 0 Å². The van der Waals surface area contributed by atoms with E-state index >= 15 is 0 Å². The molecule has 3 rings (SSSR count). The van der Waals surface area contributed by atoms with Crippen molar-refractivity contribution in [3.05, 3.63) is 22.9 Å². The highest BCUT2D eigenvalue weighted by molar-refractivity contribution is 5.48. The first-order valence-corrected chi connectivity index (χ1v) is 6.53. The summed E-state index contributed by atoms with van der Waals surface area (Å²) in [6, 6.07) is 2.79. The molecule has 3 heterocycles. The normalized spacial score (nSPS) is 24.7. The minimum absolute atomic E-state index is 0.262. The van der Waals surface area contributed by atoms with Crippen LogP contribution in [0, 0.1) is 0 Å². The van der Waals surface area contributed by atoms with E-state index in [1.165, 1.54) is 10.7 Å². The SMILES string of the molecule is CC1CC(Nc2cc3n[nH]c(=O)n3cn2)CCN1C. The lowest BCUT2D eigenvalue weighted by Crippen LogP contribution is -2.42. The summed E-state index contributed by atoms with van der Waals surface area (Å²) < 4.78 is 1.39. The Morgan fingerprint density at radius 3 is 3.16 bits per heavy atom. The average molecular weight is 262 g/mol. The van der Waals surface area contributed by atoms with E-state index in [-0.39, 0.29) is 5.69 Å². The van der Waals surface area contributed by atoms with E-state index in [0.29, 0.717) is 17.7 Å². The number of H-pyrrole nitrogens is 1. The molecular weight excluding hydrogens is 244 g/mol. The highest BCUT2D eigenvalue weighted by Gasteiger charge is 2.22. The van der Waals surface area contributed by atoms with Crippen LogP contribution in [0.25, 0.3) is 5.65 Å². The van der Waals surface area contributed by atoms with Crippen LogP contribution in [0.1, 0.15) is 19.8 Å². The third kappa shape index (κ3) is 2.33. The van der Waals surface area contributed by atoms with Crippen LogP contribution in [0.2, 0.25) is 0 Å². The summed E-state index contributed by atoms with van der Waals surface area (Å²) in [7, 11) is 2.15. The summed E-state index contributed by atoms with van der Waals surface area (Å²) in [6.45, 7) is 3.32. The molecule has 1 saturated heterocycles. The van der Waals surface area contributed by atoms with E-state index in [0.717, 1.165) is 25.2 Å². The molecule has 0 bridgehead atoms. The Bertz CT molecular complexity index is 632. The van der Waals surface area contributed by atoms with Crippen molar-refractivity contribution < 1.29 is 0 Å². The predicted octanol–water partition coefficient (Wildman–Crippen LogP) is 0.312. The van der Waals surface area contributed by atoms with Gasteiger partial charge in [-0.1, -0.05) is 0 Å². The van der Waals surface area contributed by atoms with Gasteiger partial charge in [-0.2, -0.15) is 5.10 Å². The predicted molar refractivity (Wildman–Crippen MR) is 72.3 cm³/mol. The summed E-state index contributed by atoms with van der Waals surface area (Å²) in [5, 5.41) is 9.77. The Labute approximate surface area is 110 Å². The van der Waals surface area contributed by atoms with Crippen molar-refractivity contribution in [2.75, 3.05) is 18.9 Å². The maximum absolute atomic E-state index is 11.3. The zero-order valence-corrected chi connectivity index (χ0v) is 11.1. The topological polar surface area (TPSA) is 78.3 Å². The summed E-state index contributed by atoms with van der Waals surface area (Å²) in [6.07, 6.45) is 3.69. The smallest absolute Gasteiger partial charge is 0.348 e. The lowest BCUT2D eigenvalue weighted by Gasteiger charge is -2.35. The number of fused-ring (bicyclic) bond motifs is 1. The third-order valence-corrected chi connectivity index (χ3v) is 3.87. The van der Waals surface area contributed by atoms with Gasteiger partial charge >= 0.3 is 5.69 Å². The van der Waals surface area contributed by atoms with Crippen LogP contribution in [0.5, 0.6) is 0 Å². The van der Waals surface area contributed by atoms with E-state index in [2.05, 4.69) is 39.4 Å². The Morgan fingerprint density at radius 1 is 1.53 bits per heavy atom. The molecule has 0 aromatic carbocycles. The molecule has 0 amide bonds. The number of aromatic nitrogens is 4. The van der Waals surface area contributed by atoms with Gasteiger partial charge in [0.15, 0.2) is 5.65 Å². The molecule has 7 nitrogen and oxygen atoms in total. The minimum Gasteiger partial charge on any atom is -0.367 e. The average Bonchev–Trinajstić information content (AvgIpc) is 2.75. The molecule has 7 heteroatoms. The van der Waals surface area contributed by atoms with Crippen molar-refractivity contribution in [1.29, 1.82) is 0 Å². The molecule has 2 N–H and O–H groups in total. The van der Waals surface area contributed by atoms with Crippen LogP contribution in [0.3, 0.4) is 0 Å². The number of likely N-dealkylation sites (tertiary alicyclic amines) is 1. The van der Waals surface area contributed by atoms with Gasteiger partial charge in [0.1, 0.15) is 12.1 Å². The maximum atomic E-state index is 11.3. The van der Waals surface area contributed by atoms with Crippen LogP contribution < -0.4 is 11.0 Å². The third-order valence-electron chi connectivity index (χ3n) is 3.87. The molecule has 1 aliphatic rings. The second kappa shape index (κ2) is 4.65. The summed E-state index contributed by atoms with van der Waals surface area (Å²) in [5.41, 5.74) is 0.324. The first kappa shape index (κ1) is 12.2. The van der Waals surface area contributed by atoms with Crippen molar-refractivity contribution in [2.45, 2.75) is 31.8 Å². The number of hydrogen-bond donors (Lipinski definition) is 2. The number of nitrogens with one attached hydrogen (secondary N) is 2. The van der Waals surface area contributed by atoms with E-state index in [1.54, 1.807) is 6.07 Å². The molecule has 2 unspecified atom stereocenters. The van der Waals surface area contributed by atoms with Gasteiger partial charge in [-0.05, 0) is 26.8 Å². The Kier molecular flexibility index (Phi) is 2.98. The zero-order valence-electron chi connectivity index (χ0n) is 11.1. The number of anilines is 1. The van der Waals surface area contributed by atoms with E-state index in [9.17, 15) is 4.79 Å². The van der Waals surface area contributed by atoms with Crippen LogP contribution in [0.15, 0.2) is 17.2 Å². The molecule has 2 aromatic heterocycles. The summed E-state index contributed by atoms with van der Waals surface area (Å²) in [5.74, 6) is 0.772. The number of hydrogen-bond acceptors (Lipinski definition) is 5. The van der Waals surface area contributed by atoms with Gasteiger partial charge in [0, 0.05) is 24.7 Å². The lowest BCUT2D eigenvalue weighted by atomic mass is 9.99. The van der Waals surface area contributed by atoms with Gasteiger partial charge in [-0.3, -0.25) is 0 Å². The van der Waals surface area contributed by atoms with Crippen molar-refractivity contribution >= 4 is 11.5 Å². The molecule has 0 radical (unpaired) electrons. The fraction of sp³-hybridized carbons (Fsp3) is 0.583. The molecule has 0 saturated carbocycles. The first-order valence-electron chi connectivity index (χ1n) is 6.53. The fourth-order valence-corrected chi connectivity index (χ4v) is 2.52. The van der Waals surface area contributed by atoms with Crippen molar-refractivity contribution in [3.63, 3.8) is 0 Å². The Morgan fingerprint density at radius 2 is 2.37 bits per heavy atom. The second-order valence-corrected chi connectivity index (χ2v) is 5.23. The molecule has 1 fully saturated rings. The Balaban J connectivity index is 1.76. The number of nitrogens with zero attached hydrogens (tertiary/aromatic N) is 4. The van der Waals surface area contributed by atoms with Crippen molar-refractivity contribution in [3.8, 4) is 0 Å². The summed E-state index contributed by atoms with van der Waals surface area (Å²) in [4.78, 5) is 18.0. The van der Waals surface area contributed by atoms with Gasteiger partial charge in [0.2, 0.25) is 0 Å². The van der Waals surface area contributed by atoms with Crippen LogP contribution in [-0.2, 0) is 0 Å². The maximum Gasteiger partial charge on any atom is 0.348 e. The van der Waals surface area contributed by atoms with Crippen LogP contribution in [0.4, 0.5) is 5.82 Å². The number of aromatic amines is 1. The zero-order chi connectivity index (χ0) is 13.4. The van der Waals surface area contributed by atoms with Gasteiger partial charge in [0.05, 0.1) is 0 Å². The highest BCUT2D eigenvalue weighted by atomic mass is 16.1. The monoisotopic (exact) mass is 262 g/mol. The quantitative estimate of drug-likeness (QED) is 0.814. The summed E-state index contributed by atoms with van der Waals surface area (Å²) >= 11 is 0. The van der Waals surface area contributed by atoms with Gasteiger partial charge < -0.3 is 10.2 Å². The van der Waals surface area contributed by atoms with Gasteiger partial charge in [-0.15, -0.1) is 0 Å². The Hall–Kier alpha value is -1.89. The molecular formula is C12H18N6O. The van der Waals surface area contributed by atoms with E-state index in [1.807, 2.05) is 0 Å². The standard InChI is InChI=1S/C12H18N6O/c1-8-5-9(3-4-17(8)2)14-10-6-11-15-16-12(19)18(11)7-13-10/h6-9,14H,3-5H2,1-2H3,(H,16,19). The van der Waals surface area contributed by atoms with Crippen LogP contribution in [-0.4, -0.2) is 50.2 Å². The first-order chi connectivity index (χ1) is 9.13. The van der Waals surface area contributed by atoms with Gasteiger partial charge in [0.25, 0.3) is 0 Å². The second-order valence-electron chi connectivity index (χ2n) is 5.23. The molecule has 19 heavy (non-hydrogen) atoms. The molecule has 2 aromatic rings. The van der Waals surface area contributed by atoms with Gasteiger partial charge in [-0.25, -0.2) is 19.3 Å². The van der Waals surface area contributed by atoms with E-state index in [4.69, 9.17) is 0 Å². The molecule has 1 aliphatic heterocycles. The molecule has 102 valence electrons. The lowest BCUT2D eigenvalue weighted by molar-refractivity contribution is 0.190. The minimum atomic E-state index is -0.262. The number of piperidine rings is 1. The van der Waals surface area contributed by atoms with Crippen LogP contribution >= 0.6 is 0 Å². The number of rotatable bonds is 2. The highest BCUT2D eigenvalue weighted by Crippen LogP contribution is 2.18. The van der Waals surface area contributed by atoms with Crippen molar-refractivity contribution in [2.24, 2.45) is 0 Å². The molecule has 0 aliphatic carbocycles. The van der Waals surface area contributed by atoms with Crippen molar-refractivity contribution in [1.82, 2.24) is 24.5 Å².